The number of carbonyl (C=O) groups is 2. The standard InChI is InChI=1S/C16H21N5O2.C8H7F3/c17-7-1-4-13(18)16(23)20-10-15(22)21-12-5-6-14-11(9-12)3-2-8-19-14;1-6-2-4-7(5-3-6)8(9,10)11/h2-3,5-6,8-9,13H,1,4,7,10,17-18H2,(H,20,23)(H,21,22);2-5H,1H3/t13-;/m0./s1. The highest BCUT2D eigenvalue weighted by Crippen LogP contribution is 2.28. The van der Waals surface area contributed by atoms with Gasteiger partial charge in [-0.15, -0.1) is 0 Å². The molecule has 0 fully saturated rings. The summed E-state index contributed by atoms with van der Waals surface area (Å²) in [6, 6.07) is 13.6. The number of rotatable bonds is 7. The Morgan fingerprint density at radius 1 is 1.09 bits per heavy atom. The van der Waals surface area contributed by atoms with Crippen molar-refractivity contribution in [3.63, 3.8) is 0 Å². The summed E-state index contributed by atoms with van der Waals surface area (Å²) < 4.78 is 35.8. The van der Waals surface area contributed by atoms with Gasteiger partial charge in [0, 0.05) is 17.3 Å². The number of halogens is 3. The van der Waals surface area contributed by atoms with E-state index in [1.54, 1.807) is 19.2 Å². The summed E-state index contributed by atoms with van der Waals surface area (Å²) in [6.45, 7) is 2.11. The first-order valence-electron chi connectivity index (χ1n) is 10.6. The van der Waals surface area contributed by atoms with Crippen molar-refractivity contribution in [2.24, 2.45) is 11.5 Å². The van der Waals surface area contributed by atoms with Gasteiger partial charge in [-0.3, -0.25) is 14.6 Å². The predicted molar refractivity (Wildman–Crippen MR) is 126 cm³/mol. The Balaban J connectivity index is 0.000000310. The number of pyridine rings is 1. The number of anilines is 1. The van der Waals surface area contributed by atoms with Gasteiger partial charge in [-0.1, -0.05) is 23.8 Å². The van der Waals surface area contributed by atoms with Gasteiger partial charge in [0.25, 0.3) is 0 Å². The van der Waals surface area contributed by atoms with Crippen LogP contribution in [0.3, 0.4) is 0 Å². The van der Waals surface area contributed by atoms with Crippen LogP contribution in [0.5, 0.6) is 0 Å². The number of nitrogens with two attached hydrogens (primary N) is 2. The van der Waals surface area contributed by atoms with E-state index in [1.165, 1.54) is 12.1 Å². The van der Waals surface area contributed by atoms with Crippen molar-refractivity contribution in [1.82, 2.24) is 10.3 Å². The molecular formula is C24H28F3N5O2. The fourth-order valence-electron chi connectivity index (χ4n) is 2.87. The number of aromatic nitrogens is 1. The average molecular weight is 476 g/mol. The van der Waals surface area contributed by atoms with Gasteiger partial charge in [0.1, 0.15) is 0 Å². The highest BCUT2D eigenvalue weighted by molar-refractivity contribution is 5.96. The molecule has 0 saturated carbocycles. The van der Waals surface area contributed by atoms with E-state index in [0.717, 1.165) is 28.6 Å². The second kappa shape index (κ2) is 12.7. The lowest BCUT2D eigenvalue weighted by molar-refractivity contribution is -0.137. The van der Waals surface area contributed by atoms with Crippen LogP contribution in [-0.4, -0.2) is 35.9 Å². The SMILES string of the molecule is Cc1ccc(C(F)(F)F)cc1.NCCC[C@H](N)C(=O)NCC(=O)Nc1ccc2ncccc2c1. The molecule has 0 aliphatic carbocycles. The maximum atomic E-state index is 11.9. The third kappa shape index (κ3) is 8.80. The van der Waals surface area contributed by atoms with E-state index in [1.807, 2.05) is 24.3 Å². The van der Waals surface area contributed by atoms with Gasteiger partial charge < -0.3 is 22.1 Å². The highest BCUT2D eigenvalue weighted by atomic mass is 19.4. The first-order valence-corrected chi connectivity index (χ1v) is 10.6. The maximum Gasteiger partial charge on any atom is 0.416 e. The van der Waals surface area contributed by atoms with Crippen molar-refractivity contribution in [2.75, 3.05) is 18.4 Å². The predicted octanol–water partition coefficient (Wildman–Crippen LogP) is 3.37. The lowest BCUT2D eigenvalue weighted by atomic mass is 10.1. The van der Waals surface area contributed by atoms with E-state index in [-0.39, 0.29) is 18.4 Å². The Kier molecular flexibility index (Phi) is 9.96. The van der Waals surface area contributed by atoms with E-state index in [0.29, 0.717) is 25.1 Å². The Labute approximate surface area is 195 Å². The average Bonchev–Trinajstić information content (AvgIpc) is 2.81. The Morgan fingerprint density at radius 3 is 2.44 bits per heavy atom. The van der Waals surface area contributed by atoms with Crippen LogP contribution in [0.2, 0.25) is 0 Å². The lowest BCUT2D eigenvalue weighted by Crippen LogP contribution is -2.43. The Morgan fingerprint density at radius 2 is 1.79 bits per heavy atom. The third-order valence-electron chi connectivity index (χ3n) is 4.74. The molecule has 34 heavy (non-hydrogen) atoms. The van der Waals surface area contributed by atoms with Gasteiger partial charge in [0.05, 0.1) is 23.7 Å². The van der Waals surface area contributed by atoms with Crippen molar-refractivity contribution in [3.05, 3.63) is 71.9 Å². The number of hydrogen-bond donors (Lipinski definition) is 4. The van der Waals surface area contributed by atoms with Gasteiger partial charge in [-0.05, 0) is 62.7 Å². The van der Waals surface area contributed by atoms with Gasteiger partial charge >= 0.3 is 6.18 Å². The molecule has 1 heterocycles. The molecule has 0 aliphatic rings. The summed E-state index contributed by atoms with van der Waals surface area (Å²) in [5.74, 6) is -0.663. The number of fused-ring (bicyclic) bond motifs is 1. The smallest absolute Gasteiger partial charge is 0.346 e. The summed E-state index contributed by atoms with van der Waals surface area (Å²) in [5, 5.41) is 6.18. The zero-order chi connectivity index (χ0) is 25.1. The number of nitrogens with one attached hydrogen (secondary N) is 2. The molecule has 0 aliphatic heterocycles. The lowest BCUT2D eigenvalue weighted by Gasteiger charge is -2.12. The summed E-state index contributed by atoms with van der Waals surface area (Å²) >= 11 is 0. The van der Waals surface area contributed by atoms with E-state index >= 15 is 0 Å². The maximum absolute atomic E-state index is 11.9. The number of amides is 2. The monoisotopic (exact) mass is 475 g/mol. The molecule has 7 nitrogen and oxygen atoms in total. The van der Waals surface area contributed by atoms with Crippen LogP contribution in [0.15, 0.2) is 60.8 Å². The second-order valence-corrected chi connectivity index (χ2v) is 7.58. The van der Waals surface area contributed by atoms with Gasteiger partial charge in [0.15, 0.2) is 0 Å². The van der Waals surface area contributed by atoms with Gasteiger partial charge in [0.2, 0.25) is 11.8 Å². The number of hydrogen-bond acceptors (Lipinski definition) is 5. The molecule has 0 bridgehead atoms. The zero-order valence-corrected chi connectivity index (χ0v) is 18.7. The molecule has 3 aromatic rings. The molecule has 1 aromatic heterocycles. The normalized spacial score (nSPS) is 11.8. The molecule has 2 amide bonds. The van der Waals surface area contributed by atoms with E-state index < -0.39 is 17.8 Å². The minimum absolute atomic E-state index is 0.125. The van der Waals surface area contributed by atoms with Gasteiger partial charge in [-0.25, -0.2) is 0 Å². The van der Waals surface area contributed by atoms with Crippen molar-refractivity contribution >= 4 is 28.4 Å². The van der Waals surface area contributed by atoms with Crippen LogP contribution in [0.4, 0.5) is 18.9 Å². The second-order valence-electron chi connectivity index (χ2n) is 7.58. The van der Waals surface area contributed by atoms with Crippen LogP contribution in [0, 0.1) is 6.92 Å². The first-order chi connectivity index (χ1) is 16.1. The first kappa shape index (κ1) is 26.7. The van der Waals surface area contributed by atoms with E-state index in [4.69, 9.17) is 11.5 Å². The molecule has 182 valence electrons. The molecule has 6 N–H and O–H groups in total. The molecule has 0 radical (unpaired) electrons. The number of nitrogens with zero attached hydrogens (tertiary/aromatic N) is 1. The fraction of sp³-hybridized carbons (Fsp3) is 0.292. The van der Waals surface area contributed by atoms with E-state index in [9.17, 15) is 22.8 Å². The zero-order valence-electron chi connectivity index (χ0n) is 18.7. The molecule has 10 heteroatoms. The molecule has 3 rings (SSSR count). The minimum Gasteiger partial charge on any atom is -0.346 e. The largest absolute Gasteiger partial charge is 0.416 e. The van der Waals surface area contributed by atoms with Crippen molar-refractivity contribution < 1.29 is 22.8 Å². The third-order valence-corrected chi connectivity index (χ3v) is 4.74. The van der Waals surface area contributed by atoms with Crippen LogP contribution in [0.25, 0.3) is 10.9 Å². The van der Waals surface area contributed by atoms with Crippen LogP contribution in [-0.2, 0) is 15.8 Å². The molecule has 1 atom stereocenters. The number of aryl methyl sites for hydroxylation is 1. The minimum atomic E-state index is -4.21. The molecule has 2 aromatic carbocycles. The molecular weight excluding hydrogens is 447 g/mol. The Hall–Kier alpha value is -3.50. The van der Waals surface area contributed by atoms with Gasteiger partial charge in [-0.2, -0.15) is 13.2 Å². The summed E-state index contributed by atoms with van der Waals surface area (Å²) in [4.78, 5) is 27.8. The number of alkyl halides is 3. The number of benzene rings is 2. The van der Waals surface area contributed by atoms with Crippen molar-refractivity contribution in [3.8, 4) is 0 Å². The molecule has 0 saturated heterocycles. The van der Waals surface area contributed by atoms with Crippen LogP contribution >= 0.6 is 0 Å². The summed E-state index contributed by atoms with van der Waals surface area (Å²) in [5.41, 5.74) is 12.8. The topological polar surface area (TPSA) is 123 Å². The Bertz CT molecular complexity index is 1090. The summed E-state index contributed by atoms with van der Waals surface area (Å²) in [7, 11) is 0. The summed E-state index contributed by atoms with van der Waals surface area (Å²) in [6.07, 6.45) is -1.33. The molecule has 0 unspecified atom stereocenters. The fourth-order valence-corrected chi connectivity index (χ4v) is 2.87. The van der Waals surface area contributed by atoms with Crippen LogP contribution < -0.4 is 22.1 Å². The highest BCUT2D eigenvalue weighted by Gasteiger charge is 2.29. The van der Waals surface area contributed by atoms with Crippen LogP contribution in [0.1, 0.15) is 24.0 Å². The number of carbonyl (C=O) groups excluding carboxylic acids is 2. The molecule has 0 spiro atoms. The van der Waals surface area contributed by atoms with E-state index in [2.05, 4.69) is 15.6 Å². The van der Waals surface area contributed by atoms with Crippen molar-refractivity contribution in [2.45, 2.75) is 32.0 Å². The van der Waals surface area contributed by atoms with Crippen molar-refractivity contribution in [1.29, 1.82) is 0 Å². The quantitative estimate of drug-likeness (QED) is 0.417.